The zero-order valence-electron chi connectivity index (χ0n) is 16.7. The zero-order chi connectivity index (χ0) is 19.8. The molecule has 2 N–H and O–H groups in total. The number of alkyl halides is 1. The second kappa shape index (κ2) is 6.75. The lowest BCUT2D eigenvalue weighted by molar-refractivity contribution is -0.195. The largest absolute Gasteiger partial charge is 0.390 e. The van der Waals surface area contributed by atoms with E-state index in [-0.39, 0.29) is 54.1 Å². The van der Waals surface area contributed by atoms with Gasteiger partial charge in [-0.2, -0.15) is 0 Å². The lowest BCUT2D eigenvalue weighted by Gasteiger charge is -2.62. The third-order valence-electron chi connectivity index (χ3n) is 8.48. The van der Waals surface area contributed by atoms with Gasteiger partial charge in [-0.25, -0.2) is 4.39 Å². The van der Waals surface area contributed by atoms with E-state index < -0.39 is 29.2 Å². The molecule has 6 heteroatoms. The molecule has 0 heterocycles. The summed E-state index contributed by atoms with van der Waals surface area (Å²) < 4.78 is 16.8. The van der Waals surface area contributed by atoms with E-state index >= 15 is 4.39 Å². The molecule has 3 saturated carbocycles. The molecule has 0 aromatic heterocycles. The minimum absolute atomic E-state index is 0. The fourth-order valence-corrected chi connectivity index (χ4v) is 7.36. The molecule has 1 unspecified atom stereocenters. The van der Waals surface area contributed by atoms with Crippen LogP contribution in [0, 0.1) is 34.5 Å². The van der Waals surface area contributed by atoms with Crippen molar-refractivity contribution in [3.05, 3.63) is 23.8 Å². The minimum Gasteiger partial charge on any atom is -0.390 e. The number of rotatable bonds is 2. The number of hydrogen-bond acceptors (Lipinski definition) is 4. The third-order valence-corrected chi connectivity index (χ3v) is 8.48. The highest BCUT2D eigenvalue weighted by Crippen LogP contribution is 2.69. The number of carbonyl (C=O) groups is 2. The van der Waals surface area contributed by atoms with Crippen molar-refractivity contribution in [2.45, 2.75) is 58.2 Å². The average Bonchev–Trinajstić information content (AvgIpc) is 2.86. The normalized spacial score (nSPS) is 49.4. The maximum absolute atomic E-state index is 16.8. The van der Waals surface area contributed by atoms with Crippen LogP contribution in [0.2, 0.25) is 0 Å². The van der Waals surface area contributed by atoms with Crippen LogP contribution in [0.1, 0.15) is 46.5 Å². The van der Waals surface area contributed by atoms with Crippen molar-refractivity contribution in [2.24, 2.45) is 34.5 Å². The first-order valence-electron chi connectivity index (χ1n) is 10.0. The minimum atomic E-state index is -1.85. The number of aliphatic hydroxyl groups is 2. The van der Waals surface area contributed by atoms with Crippen LogP contribution in [0.15, 0.2) is 23.8 Å². The summed E-state index contributed by atoms with van der Waals surface area (Å²) in [5.74, 6) is -1.00. The van der Waals surface area contributed by atoms with Crippen LogP contribution in [0.3, 0.4) is 0 Å². The van der Waals surface area contributed by atoms with Crippen molar-refractivity contribution in [3.63, 3.8) is 0 Å². The fourth-order valence-electron chi connectivity index (χ4n) is 7.36. The van der Waals surface area contributed by atoms with Crippen LogP contribution in [-0.4, -0.2) is 40.2 Å². The third kappa shape index (κ3) is 2.48. The molecule has 0 aromatic carbocycles. The van der Waals surface area contributed by atoms with Gasteiger partial charge in [0.25, 0.3) is 0 Å². The van der Waals surface area contributed by atoms with Gasteiger partial charge in [0.15, 0.2) is 17.2 Å². The van der Waals surface area contributed by atoms with E-state index in [1.165, 1.54) is 12.2 Å². The van der Waals surface area contributed by atoms with Crippen LogP contribution in [-0.2, 0) is 9.59 Å². The van der Waals surface area contributed by atoms with Crippen molar-refractivity contribution in [1.82, 2.24) is 0 Å². The molecule has 156 valence electrons. The number of ketones is 2. The Bertz CT molecular complexity index is 764. The second-order valence-electron chi connectivity index (χ2n) is 9.67. The first kappa shape index (κ1) is 21.7. The number of aliphatic hydroxyl groups excluding tert-OH is 2. The van der Waals surface area contributed by atoms with Crippen LogP contribution >= 0.6 is 12.4 Å². The Hall–Kier alpha value is -1.04. The van der Waals surface area contributed by atoms with Gasteiger partial charge in [-0.05, 0) is 62.0 Å². The SMILES string of the molecule is C[C@@H]1C[C@H]2[C@@H]3CCC4=CC(=O)C=C[C@]4(C)[C@@]3(F)C(O)C[C@]2(C)[C@H]1C(=O)CO.Cl. The molecule has 4 aliphatic carbocycles. The summed E-state index contributed by atoms with van der Waals surface area (Å²) >= 11 is 0. The fraction of sp³-hybridized carbons (Fsp3) is 0.727. The van der Waals surface area contributed by atoms with E-state index in [4.69, 9.17) is 0 Å². The van der Waals surface area contributed by atoms with E-state index in [1.807, 2.05) is 13.8 Å². The van der Waals surface area contributed by atoms with Gasteiger partial charge < -0.3 is 10.2 Å². The number of halogens is 2. The molecule has 4 nitrogen and oxygen atoms in total. The Kier molecular flexibility index (Phi) is 5.22. The first-order chi connectivity index (χ1) is 12.6. The van der Waals surface area contributed by atoms with Gasteiger partial charge in [0.2, 0.25) is 0 Å². The highest BCUT2D eigenvalue weighted by molar-refractivity contribution is 6.01. The molecular weight excluding hydrogens is 383 g/mol. The van der Waals surface area contributed by atoms with Crippen molar-refractivity contribution >= 4 is 24.0 Å². The van der Waals surface area contributed by atoms with E-state index in [9.17, 15) is 19.8 Å². The number of allylic oxidation sites excluding steroid dienone is 4. The number of carbonyl (C=O) groups excluding carboxylic acids is 2. The second-order valence-corrected chi connectivity index (χ2v) is 9.67. The van der Waals surface area contributed by atoms with E-state index in [1.54, 1.807) is 13.0 Å². The molecule has 0 bridgehead atoms. The van der Waals surface area contributed by atoms with Gasteiger partial charge in [-0.15, -0.1) is 12.4 Å². The predicted molar refractivity (Wildman–Crippen MR) is 106 cm³/mol. The molecule has 8 atom stereocenters. The average molecular weight is 413 g/mol. The Labute approximate surface area is 171 Å². The smallest absolute Gasteiger partial charge is 0.178 e. The maximum Gasteiger partial charge on any atom is 0.178 e. The molecule has 0 aliphatic heterocycles. The van der Waals surface area contributed by atoms with Crippen molar-refractivity contribution in [1.29, 1.82) is 0 Å². The molecule has 0 saturated heterocycles. The maximum atomic E-state index is 16.8. The number of Topliss-reactive ketones (excluding diaryl/α,β-unsaturated/α-hetero) is 1. The van der Waals surface area contributed by atoms with Crippen molar-refractivity contribution in [2.75, 3.05) is 6.61 Å². The first-order valence-corrected chi connectivity index (χ1v) is 10.0. The molecule has 28 heavy (non-hydrogen) atoms. The Balaban J connectivity index is 0.00000225. The van der Waals surface area contributed by atoms with Crippen LogP contribution < -0.4 is 0 Å². The van der Waals surface area contributed by atoms with Gasteiger partial charge in [-0.1, -0.05) is 25.5 Å². The van der Waals surface area contributed by atoms with Gasteiger partial charge in [0.1, 0.15) is 6.61 Å². The van der Waals surface area contributed by atoms with Gasteiger partial charge in [0.05, 0.1) is 6.10 Å². The lowest BCUT2D eigenvalue weighted by atomic mass is 9.45. The predicted octanol–water partition coefficient (Wildman–Crippen LogP) is 3.20. The number of fused-ring (bicyclic) bond motifs is 5. The van der Waals surface area contributed by atoms with Crippen LogP contribution in [0.4, 0.5) is 4.39 Å². The van der Waals surface area contributed by atoms with E-state index in [0.717, 1.165) is 12.0 Å². The molecule has 0 aromatic rings. The molecule has 3 fully saturated rings. The summed E-state index contributed by atoms with van der Waals surface area (Å²) in [6.45, 7) is 5.29. The van der Waals surface area contributed by atoms with Crippen LogP contribution in [0.25, 0.3) is 0 Å². The summed E-state index contributed by atoms with van der Waals surface area (Å²) in [7, 11) is 0. The zero-order valence-corrected chi connectivity index (χ0v) is 17.5. The summed E-state index contributed by atoms with van der Waals surface area (Å²) in [6.07, 6.45) is 5.53. The molecule has 0 amide bonds. The standard InChI is InChI=1S/C22H29FO4.ClH/c1-12-8-16-15-5-4-13-9-14(25)6-7-21(13,3)22(15,23)18(27)10-20(16,2)19(12)17(26)11-24;/h6-7,9,12,15-16,18-19,24,27H,4-5,8,10-11H2,1-3H3;1H/t12-,15+,16+,18?,19-,20+,21+,22+;/m1./s1. The van der Waals surface area contributed by atoms with Crippen LogP contribution in [0.5, 0.6) is 0 Å². The monoisotopic (exact) mass is 412 g/mol. The highest BCUT2D eigenvalue weighted by Gasteiger charge is 2.71. The topological polar surface area (TPSA) is 74.6 Å². The molecule has 4 rings (SSSR count). The summed E-state index contributed by atoms with van der Waals surface area (Å²) in [6, 6.07) is 0. The van der Waals surface area contributed by atoms with Gasteiger partial charge in [-0.3, -0.25) is 9.59 Å². The molecular formula is C22H30ClFO4. The van der Waals surface area contributed by atoms with Gasteiger partial charge >= 0.3 is 0 Å². The van der Waals surface area contributed by atoms with Gasteiger partial charge in [0, 0.05) is 17.3 Å². The molecule has 0 spiro atoms. The molecule has 0 radical (unpaired) electrons. The van der Waals surface area contributed by atoms with E-state index in [2.05, 4.69) is 0 Å². The summed E-state index contributed by atoms with van der Waals surface area (Å²) in [4.78, 5) is 24.3. The molecule has 4 aliphatic rings. The van der Waals surface area contributed by atoms with E-state index in [0.29, 0.717) is 12.8 Å². The Morgan fingerprint density at radius 2 is 2.00 bits per heavy atom. The van der Waals surface area contributed by atoms with Crippen molar-refractivity contribution < 1.29 is 24.2 Å². The number of hydrogen-bond donors (Lipinski definition) is 2. The lowest BCUT2D eigenvalue weighted by Crippen LogP contribution is -2.66. The Morgan fingerprint density at radius 3 is 2.64 bits per heavy atom. The van der Waals surface area contributed by atoms with Crippen molar-refractivity contribution in [3.8, 4) is 0 Å². The summed E-state index contributed by atoms with van der Waals surface area (Å²) in [5, 5.41) is 20.6. The Morgan fingerprint density at radius 1 is 1.32 bits per heavy atom. The summed E-state index contributed by atoms with van der Waals surface area (Å²) in [5.41, 5.74) is -2.59. The quantitative estimate of drug-likeness (QED) is 0.730. The highest BCUT2D eigenvalue weighted by atomic mass is 35.5.